The highest BCUT2D eigenvalue weighted by atomic mass is 16.3. The normalized spacial score (nSPS) is 11.5. The van der Waals surface area contributed by atoms with Gasteiger partial charge in [0, 0.05) is 38.6 Å². The topological polar surface area (TPSA) is 51.8 Å². The van der Waals surface area contributed by atoms with E-state index in [4.69, 9.17) is 19.4 Å². The summed E-state index contributed by atoms with van der Waals surface area (Å²) in [6.45, 7) is 0. The molecule has 0 aliphatic carbocycles. The summed E-state index contributed by atoms with van der Waals surface area (Å²) in [7, 11) is 0. The van der Waals surface area contributed by atoms with Crippen molar-refractivity contribution in [3.63, 3.8) is 0 Å². The van der Waals surface area contributed by atoms with E-state index in [1.165, 1.54) is 5.39 Å². The van der Waals surface area contributed by atoms with Crippen molar-refractivity contribution in [1.82, 2.24) is 15.0 Å². The minimum atomic E-state index is 0.585. The fourth-order valence-electron chi connectivity index (χ4n) is 7.32. The molecule has 2 heterocycles. The average Bonchev–Trinajstić information content (AvgIpc) is 3.57. The molecule has 51 heavy (non-hydrogen) atoms. The van der Waals surface area contributed by atoms with Crippen molar-refractivity contribution >= 4 is 43.5 Å². The van der Waals surface area contributed by atoms with E-state index in [2.05, 4.69) is 133 Å². The molecule has 0 spiro atoms. The Morgan fingerprint density at radius 3 is 1.59 bits per heavy atom. The fraction of sp³-hybridized carbons (Fsp3) is 0. The first-order valence-electron chi connectivity index (χ1n) is 17.1. The highest BCUT2D eigenvalue weighted by molar-refractivity contribution is 6.18. The second-order valence-electron chi connectivity index (χ2n) is 12.8. The predicted octanol–water partition coefficient (Wildman–Crippen LogP) is 12.4. The molecule has 0 aliphatic rings. The van der Waals surface area contributed by atoms with E-state index in [-0.39, 0.29) is 0 Å². The highest BCUT2D eigenvalue weighted by Gasteiger charge is 2.20. The first kappa shape index (κ1) is 29.0. The van der Waals surface area contributed by atoms with Gasteiger partial charge in [-0.15, -0.1) is 0 Å². The van der Waals surface area contributed by atoms with Gasteiger partial charge in [-0.3, -0.25) is 0 Å². The van der Waals surface area contributed by atoms with Crippen molar-refractivity contribution in [2.75, 3.05) is 0 Å². The van der Waals surface area contributed by atoms with Gasteiger partial charge in [-0.25, -0.2) is 15.0 Å². The molecule has 0 fully saturated rings. The number of rotatable bonds is 5. The van der Waals surface area contributed by atoms with Gasteiger partial charge in [-0.1, -0.05) is 152 Å². The van der Waals surface area contributed by atoms with Crippen LogP contribution in [0, 0.1) is 0 Å². The number of benzene rings is 8. The van der Waals surface area contributed by atoms with E-state index >= 15 is 0 Å². The van der Waals surface area contributed by atoms with Crippen LogP contribution >= 0.6 is 0 Å². The molecule has 10 aromatic rings. The second-order valence-corrected chi connectivity index (χ2v) is 12.8. The van der Waals surface area contributed by atoms with Gasteiger partial charge in [0.15, 0.2) is 17.5 Å². The average molecular weight is 652 g/mol. The first-order chi connectivity index (χ1) is 25.3. The number of furan rings is 1. The lowest BCUT2D eigenvalue weighted by molar-refractivity contribution is 0.670. The monoisotopic (exact) mass is 651 g/mol. The van der Waals surface area contributed by atoms with Gasteiger partial charge in [-0.05, 0) is 56.9 Å². The number of hydrogen-bond donors (Lipinski definition) is 0. The summed E-state index contributed by atoms with van der Waals surface area (Å²) >= 11 is 0. The largest absolute Gasteiger partial charge is 0.455 e. The highest BCUT2D eigenvalue weighted by Crippen LogP contribution is 2.42. The molecule has 0 unspecified atom stereocenters. The molecule has 4 nitrogen and oxygen atoms in total. The summed E-state index contributed by atoms with van der Waals surface area (Å²) < 4.78 is 6.79. The Balaban J connectivity index is 1.21. The van der Waals surface area contributed by atoms with Crippen molar-refractivity contribution in [1.29, 1.82) is 0 Å². The summed E-state index contributed by atoms with van der Waals surface area (Å²) in [5.41, 5.74) is 8.81. The van der Waals surface area contributed by atoms with Crippen LogP contribution in [0.25, 0.3) is 99.9 Å². The van der Waals surface area contributed by atoms with E-state index in [1.54, 1.807) is 0 Å². The maximum atomic E-state index is 6.79. The van der Waals surface area contributed by atoms with E-state index < -0.39 is 0 Å². The Hall–Kier alpha value is -6.91. The van der Waals surface area contributed by atoms with E-state index in [0.717, 1.165) is 77.0 Å². The minimum Gasteiger partial charge on any atom is -0.455 e. The predicted molar refractivity (Wildman–Crippen MR) is 209 cm³/mol. The number of hydrogen-bond acceptors (Lipinski definition) is 4. The Bertz CT molecular complexity index is 2900. The van der Waals surface area contributed by atoms with Crippen LogP contribution in [0.1, 0.15) is 0 Å². The molecule has 0 amide bonds. The maximum absolute atomic E-state index is 6.79. The van der Waals surface area contributed by atoms with Gasteiger partial charge < -0.3 is 4.42 Å². The number of nitrogens with zero attached hydrogens (tertiary/aromatic N) is 3. The van der Waals surface area contributed by atoms with Gasteiger partial charge in [0.2, 0.25) is 0 Å². The maximum Gasteiger partial charge on any atom is 0.164 e. The summed E-state index contributed by atoms with van der Waals surface area (Å²) in [6, 6.07) is 60.9. The minimum absolute atomic E-state index is 0.585. The van der Waals surface area contributed by atoms with Gasteiger partial charge >= 0.3 is 0 Å². The van der Waals surface area contributed by atoms with Crippen LogP contribution in [0.15, 0.2) is 180 Å². The zero-order chi connectivity index (χ0) is 33.7. The van der Waals surface area contributed by atoms with E-state index in [9.17, 15) is 0 Å². The number of fused-ring (bicyclic) bond motifs is 5. The molecule has 0 bridgehead atoms. The molecule has 238 valence electrons. The molecular formula is C47H29N3O. The van der Waals surface area contributed by atoms with Gasteiger partial charge in [0.25, 0.3) is 0 Å². The third kappa shape index (κ3) is 4.96. The lowest BCUT2D eigenvalue weighted by atomic mass is 9.93. The summed E-state index contributed by atoms with van der Waals surface area (Å²) in [5, 5.41) is 6.78. The SMILES string of the molecule is c1ccc(-c2nc(-c3ccc4c(c3)oc3c(-c5ccccc5)c5ccccc5cc34)nc(-c3ccc4ccccc4c3-c3ccccc3)n2)cc1. The van der Waals surface area contributed by atoms with Crippen molar-refractivity contribution in [2.45, 2.75) is 0 Å². The van der Waals surface area contributed by atoms with Crippen LogP contribution in [0.3, 0.4) is 0 Å². The smallest absolute Gasteiger partial charge is 0.164 e. The molecule has 0 saturated heterocycles. The van der Waals surface area contributed by atoms with Crippen LogP contribution in [0.2, 0.25) is 0 Å². The molecule has 0 N–H and O–H groups in total. The lowest BCUT2D eigenvalue weighted by Gasteiger charge is -2.14. The van der Waals surface area contributed by atoms with E-state index in [0.29, 0.717) is 17.5 Å². The summed E-state index contributed by atoms with van der Waals surface area (Å²) in [6.07, 6.45) is 0. The Labute approximate surface area is 294 Å². The van der Waals surface area contributed by atoms with Crippen LogP contribution in [0.5, 0.6) is 0 Å². The number of aromatic nitrogens is 3. The van der Waals surface area contributed by atoms with E-state index in [1.807, 2.05) is 42.5 Å². The molecule has 2 aromatic heterocycles. The van der Waals surface area contributed by atoms with Crippen molar-refractivity contribution in [3.8, 4) is 56.4 Å². The van der Waals surface area contributed by atoms with Gasteiger partial charge in [-0.2, -0.15) is 0 Å². The third-order valence-electron chi connectivity index (χ3n) is 9.71. The van der Waals surface area contributed by atoms with Crippen LogP contribution in [0.4, 0.5) is 0 Å². The standard InChI is InChI=1S/C47H29N3O/c1-4-15-31(16-5-1)42-36-22-12-10-14-30(36)24-27-39(42)47-49-45(33-19-8-3-9-20-33)48-46(50-47)35-25-26-38-40-28-34-21-11-13-23-37(34)43(32-17-6-2-7-18-32)44(40)51-41(38)29-35/h1-29H. The summed E-state index contributed by atoms with van der Waals surface area (Å²) in [5.74, 6) is 1.82. The Morgan fingerprint density at radius 2 is 0.882 bits per heavy atom. The molecule has 0 radical (unpaired) electrons. The Morgan fingerprint density at radius 1 is 0.333 bits per heavy atom. The molecule has 0 saturated carbocycles. The second kappa shape index (κ2) is 11.9. The van der Waals surface area contributed by atoms with Crippen molar-refractivity contribution in [2.24, 2.45) is 0 Å². The molecular weight excluding hydrogens is 623 g/mol. The van der Waals surface area contributed by atoms with Crippen LogP contribution in [-0.4, -0.2) is 15.0 Å². The van der Waals surface area contributed by atoms with Crippen LogP contribution < -0.4 is 0 Å². The summed E-state index contributed by atoms with van der Waals surface area (Å²) in [4.78, 5) is 15.4. The molecule has 0 atom stereocenters. The van der Waals surface area contributed by atoms with Gasteiger partial charge in [0.1, 0.15) is 11.2 Å². The molecule has 0 aliphatic heterocycles. The lowest BCUT2D eigenvalue weighted by Crippen LogP contribution is -2.01. The van der Waals surface area contributed by atoms with Gasteiger partial charge in [0.05, 0.1) is 0 Å². The quantitative estimate of drug-likeness (QED) is 0.186. The van der Waals surface area contributed by atoms with Crippen molar-refractivity contribution in [3.05, 3.63) is 176 Å². The molecule has 10 rings (SSSR count). The Kier molecular flexibility index (Phi) is 6.78. The molecule has 4 heteroatoms. The zero-order valence-electron chi connectivity index (χ0n) is 27.5. The fourth-order valence-corrected chi connectivity index (χ4v) is 7.32. The van der Waals surface area contributed by atoms with Crippen molar-refractivity contribution < 1.29 is 4.42 Å². The zero-order valence-corrected chi connectivity index (χ0v) is 27.5. The first-order valence-corrected chi connectivity index (χ1v) is 17.1. The molecule has 8 aromatic carbocycles. The third-order valence-corrected chi connectivity index (χ3v) is 9.71. The van der Waals surface area contributed by atoms with Crippen LogP contribution in [-0.2, 0) is 0 Å².